The van der Waals surface area contributed by atoms with E-state index < -0.39 is 46.1 Å². The summed E-state index contributed by atoms with van der Waals surface area (Å²) in [5.74, 6) is -0.635. The molecule has 0 radical (unpaired) electrons. The number of carbonyl (C=O) groups excluding carboxylic acids is 2. The van der Waals surface area contributed by atoms with Gasteiger partial charge < -0.3 is 14.8 Å². The van der Waals surface area contributed by atoms with Crippen molar-refractivity contribution in [3.05, 3.63) is 95.6 Å². The van der Waals surface area contributed by atoms with Crippen LogP contribution in [0.3, 0.4) is 0 Å². The number of anilines is 1. The molecule has 2 aromatic carbocycles. The van der Waals surface area contributed by atoms with Gasteiger partial charge in [0.25, 0.3) is 0 Å². The Bertz CT molecular complexity index is 1640. The highest BCUT2D eigenvalue weighted by Crippen LogP contribution is 2.48. The number of methoxy groups -OCH3 is 1. The summed E-state index contributed by atoms with van der Waals surface area (Å²) in [7, 11) is 1.56. The van der Waals surface area contributed by atoms with Crippen LogP contribution in [0.5, 0.6) is 0 Å². The van der Waals surface area contributed by atoms with E-state index in [0.29, 0.717) is 17.9 Å². The molecule has 1 saturated heterocycles. The molecule has 0 bridgehead atoms. The lowest BCUT2D eigenvalue weighted by Gasteiger charge is -2.48. The summed E-state index contributed by atoms with van der Waals surface area (Å²) in [5.41, 5.74) is -0.971. The van der Waals surface area contributed by atoms with E-state index in [1.165, 1.54) is 11.0 Å². The van der Waals surface area contributed by atoms with Crippen LogP contribution in [0.25, 0.3) is 0 Å². The Hall–Kier alpha value is -3.67. The Morgan fingerprint density at radius 3 is 2.27 bits per heavy atom. The predicted molar refractivity (Wildman–Crippen MR) is 190 cm³/mol. The number of thiol groups is 1. The van der Waals surface area contributed by atoms with Crippen LogP contribution in [-0.2, 0) is 37.3 Å². The van der Waals surface area contributed by atoms with Gasteiger partial charge in [-0.1, -0.05) is 49.2 Å². The lowest BCUT2D eigenvalue weighted by Crippen LogP contribution is -2.54. The Morgan fingerprint density at radius 1 is 1.02 bits per heavy atom. The number of rotatable bonds is 11. The maximum absolute atomic E-state index is 15.8. The zero-order chi connectivity index (χ0) is 35.6. The molecule has 0 unspecified atom stereocenters. The Morgan fingerprint density at radius 2 is 1.69 bits per heavy atom. The molecule has 3 atom stereocenters. The van der Waals surface area contributed by atoms with Gasteiger partial charge in [0.15, 0.2) is 0 Å². The zero-order valence-corrected chi connectivity index (χ0v) is 30.4. The topological polar surface area (TPSA) is 101 Å². The van der Waals surface area contributed by atoms with Crippen LogP contribution in [-0.4, -0.2) is 61.2 Å². The number of carbonyl (C=O) groups is 2. The van der Waals surface area contributed by atoms with E-state index in [1.807, 2.05) is 67.5 Å². The Balaban J connectivity index is 1.57. The number of nitrogens with one attached hydrogen (secondary N) is 1. The van der Waals surface area contributed by atoms with E-state index in [-0.39, 0.29) is 30.5 Å². The van der Waals surface area contributed by atoms with Gasteiger partial charge in [-0.2, -0.15) is 0 Å². The number of pyridine rings is 1. The number of aromatic nitrogens is 1. The molecule has 49 heavy (non-hydrogen) atoms. The van der Waals surface area contributed by atoms with Gasteiger partial charge in [0.05, 0.1) is 29.6 Å². The van der Waals surface area contributed by atoms with E-state index in [1.54, 1.807) is 52.4 Å². The average molecular weight is 693 g/mol. The summed E-state index contributed by atoms with van der Waals surface area (Å²) in [6, 6.07) is 16.9. The smallest absolute Gasteiger partial charge is 0.411 e. The molecule has 11 heteroatoms. The summed E-state index contributed by atoms with van der Waals surface area (Å²) in [6.45, 7) is 11.3. The first kappa shape index (κ1) is 36.6. The van der Waals surface area contributed by atoms with Gasteiger partial charge in [0.1, 0.15) is 23.1 Å². The maximum Gasteiger partial charge on any atom is 0.411 e. The molecule has 2 fully saturated rings. The van der Waals surface area contributed by atoms with E-state index in [4.69, 9.17) is 9.47 Å². The molecule has 2 amide bonds. The van der Waals surface area contributed by atoms with Crippen molar-refractivity contribution in [1.82, 2.24) is 14.2 Å². The molecule has 1 aliphatic carbocycles. The van der Waals surface area contributed by atoms with Gasteiger partial charge in [-0.15, -0.1) is 0 Å². The second-order valence-corrected chi connectivity index (χ2v) is 15.8. The minimum Gasteiger partial charge on any atom is -0.444 e. The number of halogens is 1. The third kappa shape index (κ3) is 7.89. The van der Waals surface area contributed by atoms with Crippen LogP contribution in [0.2, 0.25) is 0 Å². The first-order chi connectivity index (χ1) is 23.1. The molecule has 0 spiro atoms. The van der Waals surface area contributed by atoms with Crippen LogP contribution >= 0.6 is 0 Å². The fourth-order valence-electron chi connectivity index (χ4n) is 6.95. The summed E-state index contributed by atoms with van der Waals surface area (Å²) in [6.07, 6.45) is 6.67. The Labute approximate surface area is 293 Å². The molecule has 2 heterocycles. The molecule has 2 aliphatic rings. The minimum absolute atomic E-state index is 0.0393. The number of ether oxygens (including phenoxy) is 2. The van der Waals surface area contributed by atoms with Crippen LogP contribution in [0.15, 0.2) is 73.1 Å². The number of amides is 2. The molecule has 5 rings (SSSR count). The molecular formula is C38H49FN4O5S. The van der Waals surface area contributed by atoms with Gasteiger partial charge in [0.2, 0.25) is 5.91 Å². The van der Waals surface area contributed by atoms with E-state index in [0.717, 1.165) is 30.4 Å². The van der Waals surface area contributed by atoms with Crippen molar-refractivity contribution in [3.8, 4) is 0 Å². The average Bonchev–Trinajstić information content (AvgIpc) is 3.80. The zero-order valence-electron chi connectivity index (χ0n) is 29.5. The normalized spacial score (nSPS) is 21.0. The lowest BCUT2D eigenvalue weighted by molar-refractivity contribution is -0.120. The predicted octanol–water partition coefficient (Wildman–Crippen LogP) is 7.11. The summed E-state index contributed by atoms with van der Waals surface area (Å²) < 4.78 is 42.5. The summed E-state index contributed by atoms with van der Waals surface area (Å²) in [4.78, 5) is 33.4. The van der Waals surface area contributed by atoms with Gasteiger partial charge in [-0.25, -0.2) is 17.7 Å². The molecular weight excluding hydrogens is 644 g/mol. The highest BCUT2D eigenvalue weighted by atomic mass is 32.2. The minimum atomic E-state index is -1.02. The van der Waals surface area contributed by atoms with Crippen molar-refractivity contribution >= 4 is 29.5 Å². The third-order valence-electron chi connectivity index (χ3n) is 9.50. The number of likely N-dealkylation sites (tertiary alicyclic amines) is 1. The van der Waals surface area contributed by atoms with Crippen molar-refractivity contribution in [1.29, 1.82) is 0 Å². The number of hydrogen-bond donors (Lipinski definition) is 2. The van der Waals surface area contributed by atoms with E-state index in [2.05, 4.69) is 10.3 Å². The van der Waals surface area contributed by atoms with Crippen molar-refractivity contribution in [2.24, 2.45) is 5.92 Å². The SMILES string of the molecule is CO[C@]1(c2ccccc2)C[C@@H](C(=O)Nc2cc([C@@](CCC3CC3)(c3ccncc3)N([SH]=O)C(C)(C)C)ccc2F)N(C(=O)OC(C)(C)C)C1. The lowest BCUT2D eigenvalue weighted by atomic mass is 9.77. The van der Waals surface area contributed by atoms with Crippen molar-refractivity contribution in [3.63, 3.8) is 0 Å². The molecule has 1 aromatic heterocycles. The number of hydrogen-bond acceptors (Lipinski definition) is 6. The van der Waals surface area contributed by atoms with E-state index in [9.17, 15) is 13.8 Å². The fraction of sp³-hybridized carbons (Fsp3) is 0.500. The second-order valence-electron chi connectivity index (χ2n) is 15.2. The van der Waals surface area contributed by atoms with Crippen LogP contribution < -0.4 is 5.32 Å². The monoisotopic (exact) mass is 692 g/mol. The molecule has 1 aliphatic heterocycles. The second kappa shape index (κ2) is 14.3. The number of benzene rings is 2. The molecule has 1 saturated carbocycles. The number of nitrogens with zero attached hydrogens (tertiary/aromatic N) is 3. The van der Waals surface area contributed by atoms with Crippen LogP contribution in [0.4, 0.5) is 14.9 Å². The Kier molecular flexibility index (Phi) is 10.7. The third-order valence-corrected chi connectivity index (χ3v) is 10.6. The van der Waals surface area contributed by atoms with Gasteiger partial charge >= 0.3 is 6.09 Å². The standard InChI is InChI=1S/C38H49FN4O5S/c1-35(2,3)43(49-46)38(20-17-26-13-14-26,28-18-21-40-22-19-28)29-15-16-30(39)31(23-29)41-33(44)32-24-37(47-7,27-11-9-8-10-12-27)25-42(32)34(45)48-36(4,5)6/h8-12,15-16,18-19,21-23,26,32,49H,13-14,17,20,24-25H2,1-7H3,(H,41,44)/t32-,37+,38+/m0/s1. The summed E-state index contributed by atoms with van der Waals surface area (Å²) in [5, 5.41) is 2.82. The van der Waals surface area contributed by atoms with Gasteiger partial charge in [-0.05, 0) is 101 Å². The first-order valence-corrected chi connectivity index (χ1v) is 17.7. The molecule has 9 nitrogen and oxygen atoms in total. The van der Waals surface area contributed by atoms with Gasteiger partial charge in [0, 0.05) is 31.5 Å². The highest BCUT2D eigenvalue weighted by molar-refractivity contribution is 7.63. The van der Waals surface area contributed by atoms with E-state index >= 15 is 4.39 Å². The van der Waals surface area contributed by atoms with Gasteiger partial charge in [-0.3, -0.25) is 14.7 Å². The van der Waals surface area contributed by atoms with Crippen molar-refractivity contribution in [2.75, 3.05) is 19.0 Å². The maximum atomic E-state index is 15.8. The molecule has 3 aromatic rings. The molecule has 264 valence electrons. The highest BCUT2D eigenvalue weighted by Gasteiger charge is 2.52. The van der Waals surface area contributed by atoms with Crippen molar-refractivity contribution in [2.45, 2.75) is 102 Å². The molecule has 1 N–H and O–H groups in total. The van der Waals surface area contributed by atoms with Crippen molar-refractivity contribution < 1.29 is 27.7 Å². The largest absolute Gasteiger partial charge is 0.444 e. The quantitative estimate of drug-likeness (QED) is 0.208. The summed E-state index contributed by atoms with van der Waals surface area (Å²) >= 11 is -0.197. The van der Waals surface area contributed by atoms with Crippen LogP contribution in [0, 0.1) is 11.7 Å². The fourth-order valence-corrected chi connectivity index (χ4v) is 7.66. The first-order valence-electron chi connectivity index (χ1n) is 16.9. The van der Waals surface area contributed by atoms with Crippen LogP contribution in [0.1, 0.15) is 90.3 Å².